The third-order valence-electron chi connectivity index (χ3n) is 4.05. The van der Waals surface area contributed by atoms with Crippen molar-refractivity contribution in [1.29, 1.82) is 0 Å². The molecule has 112 valence electrons. The first kappa shape index (κ1) is 16.0. The third kappa shape index (κ3) is 5.19. The molecule has 0 spiro atoms. The lowest BCUT2D eigenvalue weighted by Crippen LogP contribution is -2.24. The molecule has 0 radical (unpaired) electrons. The van der Waals surface area contributed by atoms with Gasteiger partial charge >= 0.3 is 0 Å². The molecule has 1 saturated carbocycles. The average molecular weight is 339 g/mol. The maximum atomic E-state index is 3.73. The van der Waals surface area contributed by atoms with Gasteiger partial charge in [0.1, 0.15) is 0 Å². The molecule has 0 amide bonds. The van der Waals surface area contributed by atoms with Gasteiger partial charge < -0.3 is 10.2 Å². The Morgan fingerprint density at radius 2 is 2.15 bits per heavy atom. The summed E-state index contributed by atoms with van der Waals surface area (Å²) in [6.45, 7) is 7.75. The molecule has 0 saturated heterocycles. The summed E-state index contributed by atoms with van der Waals surface area (Å²) in [6, 6.07) is 7.56. The molecule has 1 N–H and O–H groups in total. The van der Waals surface area contributed by atoms with Crippen LogP contribution in [0.15, 0.2) is 22.7 Å². The van der Waals surface area contributed by atoms with E-state index in [1.54, 1.807) is 0 Å². The van der Waals surface area contributed by atoms with Crippen LogP contribution in [0, 0.1) is 5.92 Å². The number of benzene rings is 1. The Balaban J connectivity index is 1.87. The second kappa shape index (κ2) is 7.58. The molecule has 0 aliphatic heterocycles. The zero-order valence-electron chi connectivity index (χ0n) is 13.0. The van der Waals surface area contributed by atoms with Crippen LogP contribution in [0.25, 0.3) is 0 Å². The van der Waals surface area contributed by atoms with Crippen LogP contribution in [-0.2, 0) is 13.1 Å². The van der Waals surface area contributed by atoms with Crippen molar-refractivity contribution in [2.24, 2.45) is 5.92 Å². The first-order valence-corrected chi connectivity index (χ1v) is 8.57. The minimum Gasteiger partial charge on any atom is -0.310 e. The Labute approximate surface area is 132 Å². The van der Waals surface area contributed by atoms with Crippen molar-refractivity contribution in [2.45, 2.75) is 52.2 Å². The topological polar surface area (TPSA) is 15.3 Å². The highest BCUT2D eigenvalue weighted by molar-refractivity contribution is 9.10. The van der Waals surface area contributed by atoms with Gasteiger partial charge in [0, 0.05) is 30.1 Å². The largest absolute Gasteiger partial charge is 0.310 e. The fourth-order valence-corrected chi connectivity index (χ4v) is 2.95. The first-order valence-electron chi connectivity index (χ1n) is 7.77. The Hall–Kier alpha value is -0.380. The maximum Gasteiger partial charge on any atom is 0.0242 e. The van der Waals surface area contributed by atoms with Crippen LogP contribution in [-0.4, -0.2) is 24.5 Å². The number of hydrogen-bond acceptors (Lipinski definition) is 2. The van der Waals surface area contributed by atoms with E-state index in [4.69, 9.17) is 0 Å². The fourth-order valence-electron chi connectivity index (χ4n) is 2.40. The number of rotatable bonds is 8. The van der Waals surface area contributed by atoms with Gasteiger partial charge in [-0.05, 0) is 43.0 Å². The molecular weight excluding hydrogens is 312 g/mol. The predicted molar refractivity (Wildman–Crippen MR) is 89.8 cm³/mol. The van der Waals surface area contributed by atoms with Crippen molar-refractivity contribution in [2.75, 3.05) is 13.6 Å². The molecule has 2 rings (SSSR count). The van der Waals surface area contributed by atoms with Crippen LogP contribution in [0.2, 0.25) is 0 Å². The second-order valence-electron chi connectivity index (χ2n) is 6.29. The zero-order chi connectivity index (χ0) is 14.5. The second-order valence-corrected chi connectivity index (χ2v) is 7.15. The summed E-state index contributed by atoms with van der Waals surface area (Å²) in [5.74, 6) is 0.765. The van der Waals surface area contributed by atoms with Crippen molar-refractivity contribution < 1.29 is 0 Å². The molecule has 1 aromatic rings. The normalized spacial score (nSPS) is 16.6. The van der Waals surface area contributed by atoms with E-state index in [0.29, 0.717) is 0 Å². The Kier molecular flexibility index (Phi) is 6.06. The van der Waals surface area contributed by atoms with E-state index in [0.717, 1.165) is 31.6 Å². The van der Waals surface area contributed by atoms with Gasteiger partial charge in [0.15, 0.2) is 0 Å². The summed E-state index contributed by atoms with van der Waals surface area (Å²) in [6.07, 6.45) is 3.94. The summed E-state index contributed by atoms with van der Waals surface area (Å²) in [4.78, 5) is 2.41. The van der Waals surface area contributed by atoms with E-state index < -0.39 is 0 Å². The molecule has 2 nitrogen and oxygen atoms in total. The third-order valence-corrected chi connectivity index (χ3v) is 4.79. The quantitative estimate of drug-likeness (QED) is 0.764. The lowest BCUT2D eigenvalue weighted by atomic mass is 10.1. The van der Waals surface area contributed by atoms with Gasteiger partial charge in [-0.1, -0.05) is 48.3 Å². The molecule has 0 bridgehead atoms. The number of halogens is 1. The van der Waals surface area contributed by atoms with Crippen molar-refractivity contribution in [3.8, 4) is 0 Å². The SMILES string of the molecule is CCC(C)CN(C)Cc1ccc(CNC2CC2)cc1Br. The molecule has 0 aromatic heterocycles. The zero-order valence-corrected chi connectivity index (χ0v) is 14.5. The van der Waals surface area contributed by atoms with Crippen molar-refractivity contribution >= 4 is 15.9 Å². The molecule has 1 atom stereocenters. The van der Waals surface area contributed by atoms with E-state index in [1.165, 1.54) is 34.9 Å². The highest BCUT2D eigenvalue weighted by Crippen LogP contribution is 2.22. The summed E-state index contributed by atoms with van der Waals surface area (Å²) in [5, 5.41) is 3.56. The monoisotopic (exact) mass is 338 g/mol. The van der Waals surface area contributed by atoms with Crippen LogP contribution in [0.1, 0.15) is 44.2 Å². The van der Waals surface area contributed by atoms with E-state index in [2.05, 4.69) is 65.2 Å². The molecule has 20 heavy (non-hydrogen) atoms. The average Bonchev–Trinajstić information content (AvgIpc) is 3.23. The van der Waals surface area contributed by atoms with Gasteiger partial charge in [-0.3, -0.25) is 0 Å². The van der Waals surface area contributed by atoms with E-state index in [9.17, 15) is 0 Å². The Morgan fingerprint density at radius 1 is 1.40 bits per heavy atom. The van der Waals surface area contributed by atoms with E-state index >= 15 is 0 Å². The van der Waals surface area contributed by atoms with Gasteiger partial charge in [0.05, 0.1) is 0 Å². The smallest absolute Gasteiger partial charge is 0.0242 e. The highest BCUT2D eigenvalue weighted by atomic mass is 79.9. The van der Waals surface area contributed by atoms with Gasteiger partial charge in [-0.2, -0.15) is 0 Å². The van der Waals surface area contributed by atoms with Gasteiger partial charge in [0.25, 0.3) is 0 Å². The molecular formula is C17H27BrN2. The van der Waals surface area contributed by atoms with Crippen molar-refractivity contribution in [3.63, 3.8) is 0 Å². The van der Waals surface area contributed by atoms with Crippen molar-refractivity contribution in [1.82, 2.24) is 10.2 Å². The predicted octanol–water partition coefficient (Wildman–Crippen LogP) is 4.18. The number of nitrogens with one attached hydrogen (secondary N) is 1. The molecule has 3 heteroatoms. The van der Waals surface area contributed by atoms with Crippen LogP contribution in [0.5, 0.6) is 0 Å². The molecule has 1 fully saturated rings. The summed E-state index contributed by atoms with van der Waals surface area (Å²) >= 11 is 3.73. The first-order chi connectivity index (χ1) is 9.58. The van der Waals surface area contributed by atoms with Gasteiger partial charge in [-0.15, -0.1) is 0 Å². The maximum absolute atomic E-state index is 3.73. The highest BCUT2D eigenvalue weighted by Gasteiger charge is 2.20. The molecule has 0 heterocycles. The van der Waals surface area contributed by atoms with Crippen LogP contribution < -0.4 is 5.32 Å². The summed E-state index contributed by atoms with van der Waals surface area (Å²) in [7, 11) is 2.21. The Bertz CT molecular complexity index is 429. The Morgan fingerprint density at radius 3 is 2.75 bits per heavy atom. The lowest BCUT2D eigenvalue weighted by molar-refractivity contribution is 0.275. The molecule has 1 aromatic carbocycles. The van der Waals surface area contributed by atoms with Gasteiger partial charge in [-0.25, -0.2) is 0 Å². The molecule has 1 aliphatic carbocycles. The van der Waals surface area contributed by atoms with E-state index in [-0.39, 0.29) is 0 Å². The molecule has 1 aliphatic rings. The summed E-state index contributed by atoms with van der Waals surface area (Å²) < 4.78 is 1.24. The van der Waals surface area contributed by atoms with Crippen molar-refractivity contribution in [3.05, 3.63) is 33.8 Å². The van der Waals surface area contributed by atoms with Gasteiger partial charge in [0.2, 0.25) is 0 Å². The standard InChI is InChI=1S/C17H27BrN2/c1-4-13(2)11-20(3)12-15-6-5-14(9-17(15)18)10-19-16-7-8-16/h5-6,9,13,16,19H,4,7-8,10-12H2,1-3H3. The minimum atomic E-state index is 0.765. The van der Waals surface area contributed by atoms with Crippen LogP contribution in [0.4, 0.5) is 0 Å². The number of hydrogen-bond donors (Lipinski definition) is 1. The number of nitrogens with zero attached hydrogens (tertiary/aromatic N) is 1. The van der Waals surface area contributed by atoms with Crippen LogP contribution in [0.3, 0.4) is 0 Å². The molecule has 1 unspecified atom stereocenters. The minimum absolute atomic E-state index is 0.765. The lowest BCUT2D eigenvalue weighted by Gasteiger charge is -2.21. The fraction of sp³-hybridized carbons (Fsp3) is 0.647. The van der Waals surface area contributed by atoms with E-state index in [1.807, 2.05) is 0 Å². The van der Waals surface area contributed by atoms with Crippen LogP contribution >= 0.6 is 15.9 Å². The summed E-state index contributed by atoms with van der Waals surface area (Å²) in [5.41, 5.74) is 2.75.